The van der Waals surface area contributed by atoms with E-state index < -0.39 is 11.7 Å². The SMILES string of the molecule is CC1(C(=O)NCCO)COC(c2nc(-c3ccc(F)cc3)c(-c3ccnc(OC4CCCCC4)n3)[nH]2)OC1. The Kier molecular flexibility index (Phi) is 7.96. The van der Waals surface area contributed by atoms with Gasteiger partial charge in [0.1, 0.15) is 11.9 Å². The Morgan fingerprint density at radius 1 is 1.16 bits per heavy atom. The Balaban J connectivity index is 1.41. The van der Waals surface area contributed by atoms with Crippen LogP contribution in [-0.4, -0.2) is 63.4 Å². The molecule has 38 heavy (non-hydrogen) atoms. The van der Waals surface area contributed by atoms with Crippen LogP contribution in [0, 0.1) is 11.2 Å². The van der Waals surface area contributed by atoms with Gasteiger partial charge in [-0.15, -0.1) is 0 Å². The van der Waals surface area contributed by atoms with Gasteiger partial charge < -0.3 is 29.6 Å². The molecule has 11 heteroatoms. The van der Waals surface area contributed by atoms with Crippen molar-refractivity contribution >= 4 is 5.91 Å². The van der Waals surface area contributed by atoms with Crippen LogP contribution in [0.15, 0.2) is 36.5 Å². The number of H-pyrrole nitrogens is 1. The van der Waals surface area contributed by atoms with Gasteiger partial charge in [-0.25, -0.2) is 14.4 Å². The average Bonchev–Trinajstić information content (AvgIpc) is 3.39. The van der Waals surface area contributed by atoms with Gasteiger partial charge in [-0.1, -0.05) is 6.42 Å². The number of hydrogen-bond acceptors (Lipinski definition) is 8. The number of hydrogen-bond donors (Lipinski definition) is 3. The topological polar surface area (TPSA) is 131 Å². The molecule has 3 heterocycles. The Morgan fingerprint density at radius 3 is 2.61 bits per heavy atom. The van der Waals surface area contributed by atoms with Crippen molar-refractivity contribution in [3.63, 3.8) is 0 Å². The molecule has 1 aliphatic heterocycles. The zero-order chi connectivity index (χ0) is 26.5. The Bertz CT molecular complexity index is 1240. The molecule has 10 nitrogen and oxygen atoms in total. The minimum atomic E-state index is -0.904. The van der Waals surface area contributed by atoms with Crippen LogP contribution in [0.25, 0.3) is 22.6 Å². The molecule has 0 spiro atoms. The fraction of sp³-hybridized carbons (Fsp3) is 0.481. The van der Waals surface area contributed by atoms with Gasteiger partial charge in [0.05, 0.1) is 42.3 Å². The van der Waals surface area contributed by atoms with Crippen molar-refractivity contribution in [1.29, 1.82) is 0 Å². The molecule has 0 radical (unpaired) electrons. The predicted molar refractivity (Wildman–Crippen MR) is 135 cm³/mol. The average molecular weight is 526 g/mol. The van der Waals surface area contributed by atoms with Crippen molar-refractivity contribution < 1.29 is 28.5 Å². The molecule has 0 bridgehead atoms. The zero-order valence-corrected chi connectivity index (χ0v) is 21.3. The van der Waals surface area contributed by atoms with Crippen molar-refractivity contribution in [2.45, 2.75) is 51.4 Å². The van der Waals surface area contributed by atoms with E-state index in [1.165, 1.54) is 18.6 Å². The van der Waals surface area contributed by atoms with Crippen LogP contribution < -0.4 is 10.1 Å². The minimum absolute atomic E-state index is 0.0980. The summed E-state index contributed by atoms with van der Waals surface area (Å²) < 4.78 is 31.5. The van der Waals surface area contributed by atoms with E-state index in [9.17, 15) is 9.18 Å². The quantitative estimate of drug-likeness (QED) is 0.407. The number of carbonyl (C=O) groups excluding carboxylic acids is 1. The van der Waals surface area contributed by atoms with Gasteiger partial charge in [-0.05, 0) is 62.9 Å². The third kappa shape index (κ3) is 5.85. The summed E-state index contributed by atoms with van der Waals surface area (Å²) in [5.74, 6) is -0.219. The monoisotopic (exact) mass is 525 g/mol. The largest absolute Gasteiger partial charge is 0.460 e. The maximum atomic E-state index is 13.7. The van der Waals surface area contributed by atoms with Gasteiger partial charge >= 0.3 is 6.01 Å². The minimum Gasteiger partial charge on any atom is -0.460 e. The first-order valence-electron chi connectivity index (χ1n) is 12.9. The fourth-order valence-corrected chi connectivity index (χ4v) is 4.65. The summed E-state index contributed by atoms with van der Waals surface area (Å²) in [5.41, 5.74) is 1.47. The molecule has 2 aliphatic rings. The van der Waals surface area contributed by atoms with E-state index in [1.807, 2.05) is 0 Å². The van der Waals surface area contributed by atoms with Crippen molar-refractivity contribution in [2.75, 3.05) is 26.4 Å². The van der Waals surface area contributed by atoms with Crippen molar-refractivity contribution in [3.8, 4) is 28.7 Å². The highest BCUT2D eigenvalue weighted by molar-refractivity contribution is 5.82. The molecule has 0 atom stereocenters. The lowest BCUT2D eigenvalue weighted by molar-refractivity contribution is -0.231. The van der Waals surface area contributed by atoms with E-state index in [0.29, 0.717) is 34.5 Å². The summed E-state index contributed by atoms with van der Waals surface area (Å²) in [6.45, 7) is 1.95. The number of carbonyl (C=O) groups is 1. The lowest BCUT2D eigenvalue weighted by Gasteiger charge is -2.35. The summed E-state index contributed by atoms with van der Waals surface area (Å²) in [6.07, 6.45) is 6.34. The lowest BCUT2D eigenvalue weighted by Crippen LogP contribution is -2.49. The summed E-state index contributed by atoms with van der Waals surface area (Å²) in [5, 5.41) is 11.7. The summed E-state index contributed by atoms with van der Waals surface area (Å²) in [6, 6.07) is 8.08. The fourth-order valence-electron chi connectivity index (χ4n) is 4.65. The number of aromatic amines is 1. The Hall–Kier alpha value is -3.41. The van der Waals surface area contributed by atoms with Gasteiger partial charge in [0.15, 0.2) is 5.82 Å². The first kappa shape index (κ1) is 26.2. The Labute approximate surface area is 220 Å². The van der Waals surface area contributed by atoms with Gasteiger partial charge in [-0.3, -0.25) is 4.79 Å². The smallest absolute Gasteiger partial charge is 0.317 e. The molecular formula is C27H32FN5O5. The van der Waals surface area contributed by atoms with E-state index in [0.717, 1.165) is 25.7 Å². The highest BCUT2D eigenvalue weighted by atomic mass is 19.1. The van der Waals surface area contributed by atoms with Crippen LogP contribution in [-0.2, 0) is 14.3 Å². The van der Waals surface area contributed by atoms with E-state index in [4.69, 9.17) is 24.3 Å². The molecule has 1 amide bonds. The molecule has 2 aromatic heterocycles. The number of nitrogens with zero attached hydrogens (tertiary/aromatic N) is 3. The molecule has 5 rings (SSSR count). The third-order valence-corrected chi connectivity index (χ3v) is 6.83. The number of ether oxygens (including phenoxy) is 3. The zero-order valence-electron chi connectivity index (χ0n) is 21.3. The van der Waals surface area contributed by atoms with Crippen LogP contribution in [0.5, 0.6) is 6.01 Å². The second-order valence-electron chi connectivity index (χ2n) is 9.95. The number of rotatable bonds is 8. The predicted octanol–water partition coefficient (Wildman–Crippen LogP) is 3.54. The number of benzene rings is 1. The molecule has 1 aromatic carbocycles. The van der Waals surface area contributed by atoms with Crippen molar-refractivity contribution in [2.24, 2.45) is 5.41 Å². The first-order valence-corrected chi connectivity index (χ1v) is 12.9. The van der Waals surface area contributed by atoms with E-state index in [2.05, 4.69) is 20.3 Å². The summed E-state index contributed by atoms with van der Waals surface area (Å²) in [4.78, 5) is 29.4. The molecule has 2 fully saturated rings. The maximum absolute atomic E-state index is 13.7. The molecular weight excluding hydrogens is 493 g/mol. The normalized spacial score (nSPS) is 22.2. The number of amides is 1. The van der Waals surface area contributed by atoms with E-state index >= 15 is 0 Å². The molecule has 1 aliphatic carbocycles. The van der Waals surface area contributed by atoms with Crippen LogP contribution in [0.3, 0.4) is 0 Å². The molecule has 3 N–H and O–H groups in total. The molecule has 3 aromatic rings. The van der Waals surface area contributed by atoms with Gasteiger partial charge in [-0.2, -0.15) is 4.98 Å². The standard InChI is InChI=1S/C27H32FN5O5/c1-27(25(35)29-13-14-34)15-36-24(37-16-27)23-32-21(17-7-9-18(28)10-8-17)22(33-23)20-11-12-30-26(31-20)38-19-5-3-2-4-6-19/h7-12,19,24,34H,2-6,13-16H2,1H3,(H,29,35)(H,32,33). The van der Waals surface area contributed by atoms with Crippen LogP contribution in [0.2, 0.25) is 0 Å². The van der Waals surface area contributed by atoms with Crippen LogP contribution in [0.1, 0.15) is 51.1 Å². The highest BCUT2D eigenvalue weighted by Crippen LogP contribution is 2.36. The number of aromatic nitrogens is 4. The van der Waals surface area contributed by atoms with Gasteiger partial charge in [0, 0.05) is 18.3 Å². The molecule has 202 valence electrons. The lowest BCUT2D eigenvalue weighted by atomic mass is 9.91. The van der Waals surface area contributed by atoms with Gasteiger partial charge in [0.25, 0.3) is 0 Å². The van der Waals surface area contributed by atoms with E-state index in [-0.39, 0.29) is 44.2 Å². The summed E-state index contributed by atoms with van der Waals surface area (Å²) >= 11 is 0. The first-order chi connectivity index (χ1) is 18.4. The van der Waals surface area contributed by atoms with Crippen molar-refractivity contribution in [3.05, 3.63) is 48.2 Å². The maximum Gasteiger partial charge on any atom is 0.317 e. The second kappa shape index (κ2) is 11.5. The highest BCUT2D eigenvalue weighted by Gasteiger charge is 2.40. The number of aliphatic hydroxyl groups is 1. The van der Waals surface area contributed by atoms with Gasteiger partial charge in [0.2, 0.25) is 12.2 Å². The molecule has 1 saturated heterocycles. The summed E-state index contributed by atoms with van der Waals surface area (Å²) in [7, 11) is 0. The molecule has 0 unspecified atom stereocenters. The third-order valence-electron chi connectivity index (χ3n) is 6.83. The number of imidazole rings is 1. The number of halogens is 1. The van der Waals surface area contributed by atoms with E-state index in [1.54, 1.807) is 31.3 Å². The van der Waals surface area contributed by atoms with Crippen molar-refractivity contribution in [1.82, 2.24) is 25.3 Å². The van der Waals surface area contributed by atoms with Crippen LogP contribution >= 0.6 is 0 Å². The number of aliphatic hydroxyl groups excluding tert-OH is 1. The van der Waals surface area contributed by atoms with Crippen LogP contribution in [0.4, 0.5) is 4.39 Å². The number of nitrogens with one attached hydrogen (secondary N) is 2. The second-order valence-corrected chi connectivity index (χ2v) is 9.95. The Morgan fingerprint density at radius 2 is 1.89 bits per heavy atom. The molecule has 1 saturated carbocycles.